The Hall–Kier alpha value is 0.0138. The van der Waals surface area contributed by atoms with Gasteiger partial charge in [0, 0.05) is 27.9 Å². The molecule has 6 heteroatoms. The van der Waals surface area contributed by atoms with E-state index in [1.165, 1.54) is 21.3 Å². The third-order valence-corrected chi connectivity index (χ3v) is 5.22. The zero-order valence-corrected chi connectivity index (χ0v) is 13.2. The van der Waals surface area contributed by atoms with E-state index in [1.54, 1.807) is 0 Å². The molecule has 0 aromatic rings. The maximum Gasteiger partial charge on any atom is 0.678 e. The number of hydrogen-bond donors (Lipinski definition) is 0. The first-order chi connectivity index (χ1) is 7.39. The van der Waals surface area contributed by atoms with Crippen LogP contribution in [-0.2, 0) is 17.7 Å². The summed E-state index contributed by atoms with van der Waals surface area (Å²) in [5.74, 6) is 0. The lowest BCUT2D eigenvalue weighted by Crippen LogP contribution is -2.46. The lowest BCUT2D eigenvalue weighted by molar-refractivity contribution is 0.00709. The fourth-order valence-electron chi connectivity index (χ4n) is 1.12. The molecule has 16 heavy (non-hydrogen) atoms. The second kappa shape index (κ2) is 7.36. The van der Waals surface area contributed by atoms with E-state index in [0.29, 0.717) is 6.61 Å². The predicted octanol–water partition coefficient (Wildman–Crippen LogP) is 2.20. The van der Waals surface area contributed by atoms with Crippen LogP contribution < -0.4 is 0 Å². The molecule has 0 aromatic carbocycles. The third kappa shape index (κ3) is 6.56. The summed E-state index contributed by atoms with van der Waals surface area (Å²) in [5, 5.41) is 0. The molecule has 96 valence electrons. The Bertz CT molecular complexity index is 201. The highest BCUT2D eigenvalue weighted by Crippen LogP contribution is 2.09. The highest BCUT2D eigenvalue weighted by Gasteiger charge is 2.41. The molecule has 0 spiro atoms. The molecule has 0 heterocycles. The smallest absolute Gasteiger partial charge is 0.355 e. The standard InChI is InChI=1S/C10H24O4Si2/c1-11-16(12-2,13-3)14-9-7-8-10-15(4,5)6/h8,10H,7,9H2,1-6H3/b10-8-. The van der Waals surface area contributed by atoms with Crippen molar-refractivity contribution in [3.8, 4) is 0 Å². The molecule has 0 unspecified atom stereocenters. The van der Waals surface area contributed by atoms with E-state index in [9.17, 15) is 0 Å². The van der Waals surface area contributed by atoms with Crippen molar-refractivity contribution in [1.82, 2.24) is 0 Å². The molecule has 0 fully saturated rings. The monoisotopic (exact) mass is 264 g/mol. The minimum Gasteiger partial charge on any atom is -0.355 e. The summed E-state index contributed by atoms with van der Waals surface area (Å²) in [6.07, 6.45) is 3.02. The summed E-state index contributed by atoms with van der Waals surface area (Å²) in [6.45, 7) is 7.44. The second-order valence-corrected chi connectivity index (χ2v) is 12.1. The second-order valence-electron chi connectivity index (χ2n) is 4.52. The van der Waals surface area contributed by atoms with Gasteiger partial charge in [0.1, 0.15) is 0 Å². The topological polar surface area (TPSA) is 36.9 Å². The van der Waals surface area contributed by atoms with E-state index in [1.807, 2.05) is 0 Å². The lowest BCUT2D eigenvalue weighted by Gasteiger charge is -2.22. The van der Waals surface area contributed by atoms with Crippen LogP contribution in [-0.4, -0.2) is 45.1 Å². The average Bonchev–Trinajstić information content (AvgIpc) is 2.23. The van der Waals surface area contributed by atoms with Crippen molar-refractivity contribution >= 4 is 17.1 Å². The van der Waals surface area contributed by atoms with Gasteiger partial charge in [-0.05, 0) is 6.42 Å². The van der Waals surface area contributed by atoms with Crippen LogP contribution in [0, 0.1) is 0 Å². The van der Waals surface area contributed by atoms with Gasteiger partial charge in [0.25, 0.3) is 0 Å². The summed E-state index contributed by atoms with van der Waals surface area (Å²) in [5.41, 5.74) is 2.30. The van der Waals surface area contributed by atoms with Gasteiger partial charge in [0.2, 0.25) is 0 Å². The maximum absolute atomic E-state index is 5.53. The van der Waals surface area contributed by atoms with Crippen molar-refractivity contribution in [3.63, 3.8) is 0 Å². The van der Waals surface area contributed by atoms with Crippen LogP contribution in [0.25, 0.3) is 0 Å². The number of rotatable bonds is 8. The molecule has 0 aliphatic rings. The first-order valence-corrected chi connectivity index (χ1v) is 10.6. The van der Waals surface area contributed by atoms with Crippen LogP contribution >= 0.6 is 0 Å². The van der Waals surface area contributed by atoms with E-state index in [-0.39, 0.29) is 0 Å². The summed E-state index contributed by atoms with van der Waals surface area (Å²) in [6, 6.07) is 0. The Morgan fingerprint density at radius 3 is 1.81 bits per heavy atom. The Balaban J connectivity index is 3.92. The molecule has 4 nitrogen and oxygen atoms in total. The van der Waals surface area contributed by atoms with E-state index in [4.69, 9.17) is 17.7 Å². The van der Waals surface area contributed by atoms with E-state index >= 15 is 0 Å². The molecule has 0 atom stereocenters. The predicted molar refractivity (Wildman–Crippen MR) is 69.8 cm³/mol. The third-order valence-electron chi connectivity index (χ3n) is 1.93. The molecular formula is C10H24O4Si2. The molecule has 0 N–H and O–H groups in total. The fraction of sp³-hybridized carbons (Fsp3) is 0.800. The Labute approximate surface area is 101 Å². The van der Waals surface area contributed by atoms with Crippen LogP contribution in [0.2, 0.25) is 19.6 Å². The van der Waals surface area contributed by atoms with Crippen molar-refractivity contribution in [3.05, 3.63) is 11.8 Å². The summed E-state index contributed by atoms with van der Waals surface area (Å²) < 4.78 is 21.0. The molecule has 0 aliphatic heterocycles. The highest BCUT2D eigenvalue weighted by atomic mass is 28.4. The summed E-state index contributed by atoms with van der Waals surface area (Å²) in [4.78, 5) is 0. The summed E-state index contributed by atoms with van der Waals surface area (Å²) in [7, 11) is 0.684. The lowest BCUT2D eigenvalue weighted by atomic mass is 10.5. The van der Waals surface area contributed by atoms with Crippen molar-refractivity contribution in [2.75, 3.05) is 27.9 Å². The van der Waals surface area contributed by atoms with Gasteiger partial charge < -0.3 is 17.7 Å². The SMILES string of the molecule is CO[Si](OC)(OC)OCC/C=C\[Si](C)(C)C. The van der Waals surface area contributed by atoms with Crippen molar-refractivity contribution in [1.29, 1.82) is 0 Å². The van der Waals surface area contributed by atoms with E-state index in [0.717, 1.165) is 6.42 Å². The van der Waals surface area contributed by atoms with Gasteiger partial charge in [-0.25, -0.2) is 0 Å². The zero-order chi connectivity index (χ0) is 12.7. The fourth-order valence-corrected chi connectivity index (χ4v) is 3.21. The molecule has 0 amide bonds. The van der Waals surface area contributed by atoms with E-state index in [2.05, 4.69) is 31.4 Å². The average molecular weight is 264 g/mol. The van der Waals surface area contributed by atoms with Crippen LogP contribution in [0.1, 0.15) is 6.42 Å². The first-order valence-electron chi connectivity index (χ1n) is 5.36. The molecule has 0 aliphatic carbocycles. The van der Waals surface area contributed by atoms with Crippen LogP contribution in [0.4, 0.5) is 0 Å². The van der Waals surface area contributed by atoms with Gasteiger partial charge in [-0.15, -0.1) is 0 Å². The van der Waals surface area contributed by atoms with Gasteiger partial charge in [0.15, 0.2) is 0 Å². The van der Waals surface area contributed by atoms with Gasteiger partial charge >= 0.3 is 9.05 Å². The maximum atomic E-state index is 5.53. The quantitative estimate of drug-likeness (QED) is 0.497. The van der Waals surface area contributed by atoms with Gasteiger partial charge in [-0.1, -0.05) is 31.4 Å². The first kappa shape index (κ1) is 16.0. The van der Waals surface area contributed by atoms with Crippen LogP contribution in [0.5, 0.6) is 0 Å². The normalized spacial score (nSPS) is 13.6. The zero-order valence-electron chi connectivity index (χ0n) is 11.2. The highest BCUT2D eigenvalue weighted by molar-refractivity contribution is 6.80. The summed E-state index contributed by atoms with van der Waals surface area (Å²) >= 11 is 0. The van der Waals surface area contributed by atoms with Crippen molar-refractivity contribution in [2.24, 2.45) is 0 Å². The van der Waals surface area contributed by atoms with E-state index < -0.39 is 17.1 Å². The minimum absolute atomic E-state index is 0.558. The van der Waals surface area contributed by atoms with Gasteiger partial charge in [0.05, 0.1) is 8.07 Å². The number of hydrogen-bond acceptors (Lipinski definition) is 4. The van der Waals surface area contributed by atoms with Crippen molar-refractivity contribution in [2.45, 2.75) is 26.1 Å². The van der Waals surface area contributed by atoms with Gasteiger partial charge in [-0.3, -0.25) is 0 Å². The minimum atomic E-state index is -2.84. The molecule has 0 aromatic heterocycles. The molecule has 0 saturated carbocycles. The van der Waals surface area contributed by atoms with Crippen LogP contribution in [0.15, 0.2) is 11.8 Å². The largest absolute Gasteiger partial charge is 0.678 e. The van der Waals surface area contributed by atoms with Gasteiger partial charge in [-0.2, -0.15) is 0 Å². The molecule has 0 bridgehead atoms. The Morgan fingerprint density at radius 2 is 1.44 bits per heavy atom. The molecular weight excluding hydrogens is 240 g/mol. The molecule has 0 rings (SSSR count). The molecule has 0 radical (unpaired) electrons. The van der Waals surface area contributed by atoms with Crippen LogP contribution in [0.3, 0.4) is 0 Å². The Kier molecular flexibility index (Phi) is 7.37. The molecule has 0 saturated heterocycles. The Morgan fingerprint density at radius 1 is 0.938 bits per heavy atom. The van der Waals surface area contributed by atoms with Crippen molar-refractivity contribution < 1.29 is 17.7 Å².